The molecule has 1 aliphatic rings. The molecule has 0 aliphatic heterocycles. The Morgan fingerprint density at radius 2 is 2.14 bits per heavy atom. The maximum Gasteiger partial charge on any atom is 0.137 e. The van der Waals surface area contributed by atoms with Gasteiger partial charge in [-0.15, -0.1) is 0 Å². The van der Waals surface area contributed by atoms with E-state index in [9.17, 15) is 9.50 Å². The predicted octanol–water partition coefficient (Wildman–Crippen LogP) is 3.05. The average molecular weight is 259 g/mol. The van der Waals surface area contributed by atoms with Gasteiger partial charge in [-0.3, -0.25) is 0 Å². The summed E-state index contributed by atoms with van der Waals surface area (Å²) in [6.07, 6.45) is 3.45. The lowest BCUT2D eigenvalue weighted by molar-refractivity contribution is -0.0323. The molecule has 1 N–H and O–H groups in total. The molecule has 0 amide bonds. The minimum Gasteiger partial charge on any atom is -0.390 e. The van der Waals surface area contributed by atoms with Crippen molar-refractivity contribution in [3.63, 3.8) is 0 Å². The Morgan fingerprint density at radius 3 is 2.64 bits per heavy atom. The monoisotopic (exact) mass is 258 g/mol. The van der Waals surface area contributed by atoms with Crippen LogP contribution in [0.25, 0.3) is 0 Å². The summed E-state index contributed by atoms with van der Waals surface area (Å²) in [6, 6.07) is 4.91. The third-order valence-corrected chi connectivity index (χ3v) is 3.41. The molecule has 0 atom stereocenters. The van der Waals surface area contributed by atoms with Crippen LogP contribution in [-0.4, -0.2) is 10.7 Å². The highest BCUT2D eigenvalue weighted by Crippen LogP contribution is 2.35. The van der Waals surface area contributed by atoms with E-state index >= 15 is 0 Å². The van der Waals surface area contributed by atoms with E-state index < -0.39 is 5.60 Å². The van der Waals surface area contributed by atoms with Crippen molar-refractivity contribution in [2.24, 2.45) is 0 Å². The molecule has 1 aromatic rings. The van der Waals surface area contributed by atoms with Gasteiger partial charge >= 0.3 is 0 Å². The van der Waals surface area contributed by atoms with Gasteiger partial charge in [0.1, 0.15) is 5.82 Å². The lowest BCUT2D eigenvalue weighted by atomic mass is 9.76. The summed E-state index contributed by atoms with van der Waals surface area (Å²) in [5.74, 6) is -0.255. The van der Waals surface area contributed by atoms with Crippen molar-refractivity contribution in [1.29, 1.82) is 0 Å². The van der Waals surface area contributed by atoms with Gasteiger partial charge < -0.3 is 5.11 Å². The molecular formula is C11H12BrFO. The highest BCUT2D eigenvalue weighted by molar-refractivity contribution is 9.10. The van der Waals surface area contributed by atoms with Crippen molar-refractivity contribution in [2.45, 2.75) is 31.3 Å². The van der Waals surface area contributed by atoms with Gasteiger partial charge in [-0.1, -0.05) is 6.07 Å². The van der Waals surface area contributed by atoms with E-state index in [0.29, 0.717) is 10.9 Å². The lowest BCUT2D eigenvalue weighted by Crippen LogP contribution is -2.38. The van der Waals surface area contributed by atoms with E-state index in [4.69, 9.17) is 0 Å². The van der Waals surface area contributed by atoms with Crippen LogP contribution in [0.15, 0.2) is 22.7 Å². The molecule has 2 rings (SSSR count). The van der Waals surface area contributed by atoms with Crippen LogP contribution in [0.4, 0.5) is 4.39 Å². The van der Waals surface area contributed by atoms with Gasteiger partial charge in [0.2, 0.25) is 0 Å². The molecule has 76 valence electrons. The van der Waals surface area contributed by atoms with E-state index in [0.717, 1.165) is 24.8 Å². The summed E-state index contributed by atoms with van der Waals surface area (Å²) in [5, 5.41) is 9.91. The highest BCUT2D eigenvalue weighted by atomic mass is 79.9. The van der Waals surface area contributed by atoms with Crippen LogP contribution in [-0.2, 0) is 6.42 Å². The standard InChI is InChI=1S/C11H12BrFO/c12-9-6-8(2-3-10(9)13)7-11(14)4-1-5-11/h2-3,6,14H,1,4-5,7H2. The molecule has 0 heterocycles. The third-order valence-electron chi connectivity index (χ3n) is 2.80. The van der Waals surface area contributed by atoms with Crippen LogP contribution in [0.2, 0.25) is 0 Å². The van der Waals surface area contributed by atoms with Gasteiger partial charge in [0.25, 0.3) is 0 Å². The van der Waals surface area contributed by atoms with Crippen LogP contribution in [0.1, 0.15) is 24.8 Å². The molecule has 0 unspecified atom stereocenters. The zero-order chi connectivity index (χ0) is 10.2. The molecule has 0 radical (unpaired) electrons. The third kappa shape index (κ3) is 1.98. The number of hydrogen-bond donors (Lipinski definition) is 1. The van der Waals surface area contributed by atoms with E-state index in [2.05, 4.69) is 15.9 Å². The van der Waals surface area contributed by atoms with Crippen molar-refractivity contribution in [3.8, 4) is 0 Å². The second-order valence-corrected chi connectivity index (χ2v) is 4.86. The number of halogens is 2. The summed E-state index contributed by atoms with van der Waals surface area (Å²) in [6.45, 7) is 0. The van der Waals surface area contributed by atoms with Crippen molar-refractivity contribution in [2.75, 3.05) is 0 Å². The van der Waals surface area contributed by atoms with Gasteiger partial charge in [0.15, 0.2) is 0 Å². The minimum atomic E-state index is -0.530. The zero-order valence-electron chi connectivity index (χ0n) is 7.76. The van der Waals surface area contributed by atoms with Crippen molar-refractivity contribution in [3.05, 3.63) is 34.1 Å². The first-order valence-corrected chi connectivity index (χ1v) is 5.55. The maximum absolute atomic E-state index is 12.9. The van der Waals surface area contributed by atoms with Crippen LogP contribution in [0, 0.1) is 5.82 Å². The summed E-state index contributed by atoms with van der Waals surface area (Å²) in [7, 11) is 0. The molecule has 1 fully saturated rings. The molecule has 0 spiro atoms. The summed E-state index contributed by atoms with van der Waals surface area (Å²) in [4.78, 5) is 0. The fraction of sp³-hybridized carbons (Fsp3) is 0.455. The Hall–Kier alpha value is -0.410. The van der Waals surface area contributed by atoms with Crippen molar-refractivity contribution < 1.29 is 9.50 Å². The van der Waals surface area contributed by atoms with Gasteiger partial charge in [0, 0.05) is 6.42 Å². The van der Waals surface area contributed by atoms with Gasteiger partial charge in [-0.2, -0.15) is 0 Å². The fourth-order valence-electron chi connectivity index (χ4n) is 1.79. The van der Waals surface area contributed by atoms with E-state index in [1.54, 1.807) is 12.1 Å². The SMILES string of the molecule is OC1(Cc2ccc(F)c(Br)c2)CCC1. The van der Waals surface area contributed by atoms with E-state index in [1.165, 1.54) is 6.07 Å². The van der Waals surface area contributed by atoms with Crippen LogP contribution >= 0.6 is 15.9 Å². The Morgan fingerprint density at radius 1 is 1.43 bits per heavy atom. The topological polar surface area (TPSA) is 20.2 Å². The summed E-state index contributed by atoms with van der Waals surface area (Å²) < 4.78 is 13.4. The predicted molar refractivity (Wildman–Crippen MR) is 56.6 cm³/mol. The molecule has 1 aliphatic carbocycles. The second kappa shape index (κ2) is 3.63. The van der Waals surface area contributed by atoms with E-state index in [-0.39, 0.29) is 5.82 Å². The first-order valence-electron chi connectivity index (χ1n) is 4.75. The number of benzene rings is 1. The summed E-state index contributed by atoms with van der Waals surface area (Å²) in [5.41, 5.74) is 0.456. The second-order valence-electron chi connectivity index (χ2n) is 4.00. The number of hydrogen-bond acceptors (Lipinski definition) is 1. The zero-order valence-corrected chi connectivity index (χ0v) is 9.35. The minimum absolute atomic E-state index is 0.255. The molecule has 0 bridgehead atoms. The van der Waals surface area contributed by atoms with Crippen LogP contribution < -0.4 is 0 Å². The largest absolute Gasteiger partial charge is 0.390 e. The van der Waals surface area contributed by atoms with Gasteiger partial charge in [0.05, 0.1) is 10.1 Å². The molecule has 1 saturated carbocycles. The normalized spacial score (nSPS) is 19.1. The Labute approximate surface area is 91.1 Å². The fourth-order valence-corrected chi connectivity index (χ4v) is 2.22. The Kier molecular flexibility index (Phi) is 2.62. The first-order chi connectivity index (χ1) is 6.59. The highest BCUT2D eigenvalue weighted by Gasteiger charge is 2.34. The molecule has 0 aromatic heterocycles. The van der Waals surface area contributed by atoms with E-state index in [1.807, 2.05) is 0 Å². The lowest BCUT2D eigenvalue weighted by Gasteiger charge is -2.36. The van der Waals surface area contributed by atoms with Crippen molar-refractivity contribution in [1.82, 2.24) is 0 Å². The van der Waals surface area contributed by atoms with Gasteiger partial charge in [-0.25, -0.2) is 4.39 Å². The molecule has 0 saturated heterocycles. The van der Waals surface area contributed by atoms with Crippen LogP contribution in [0.5, 0.6) is 0 Å². The average Bonchev–Trinajstić information content (AvgIpc) is 2.09. The molecule has 1 aromatic carbocycles. The Balaban J connectivity index is 2.13. The molecular weight excluding hydrogens is 247 g/mol. The smallest absolute Gasteiger partial charge is 0.137 e. The number of aliphatic hydroxyl groups is 1. The van der Waals surface area contributed by atoms with Gasteiger partial charge in [-0.05, 0) is 52.9 Å². The first kappa shape index (κ1) is 10.1. The maximum atomic E-state index is 12.9. The van der Waals surface area contributed by atoms with Crippen molar-refractivity contribution >= 4 is 15.9 Å². The Bertz CT molecular complexity index is 347. The number of rotatable bonds is 2. The summed E-state index contributed by atoms with van der Waals surface area (Å²) >= 11 is 3.14. The quantitative estimate of drug-likeness (QED) is 0.865. The molecule has 14 heavy (non-hydrogen) atoms. The molecule has 3 heteroatoms. The van der Waals surface area contributed by atoms with Crippen LogP contribution in [0.3, 0.4) is 0 Å². The molecule has 1 nitrogen and oxygen atoms in total.